The van der Waals surface area contributed by atoms with E-state index in [4.69, 9.17) is 18.6 Å². The van der Waals surface area contributed by atoms with Crippen LogP contribution in [0.2, 0.25) is 0 Å². The maximum absolute atomic E-state index is 13.1. The zero-order valence-corrected chi connectivity index (χ0v) is 15.8. The van der Waals surface area contributed by atoms with Crippen molar-refractivity contribution in [3.63, 3.8) is 0 Å². The molecule has 5 N–H and O–H groups in total. The minimum absolute atomic E-state index is 0.0490. The predicted octanol–water partition coefficient (Wildman–Crippen LogP) is -0.161. The average Bonchev–Trinajstić information content (AvgIpc) is 2.75. The molecule has 2 aromatic carbocycles. The fraction of sp³-hybridized carbons (Fsp3) is 0.350. The van der Waals surface area contributed by atoms with Gasteiger partial charge in [0.05, 0.1) is 19.1 Å². The fourth-order valence-corrected chi connectivity index (χ4v) is 3.44. The molecule has 1 aliphatic rings. The zero-order chi connectivity index (χ0) is 21.6. The van der Waals surface area contributed by atoms with Crippen LogP contribution < -0.4 is 14.9 Å². The lowest BCUT2D eigenvalue weighted by Crippen LogP contribution is -2.60. The first-order valence-electron chi connectivity index (χ1n) is 9.10. The number of methoxy groups -OCH3 is 1. The summed E-state index contributed by atoms with van der Waals surface area (Å²) < 4.78 is 21.8. The summed E-state index contributed by atoms with van der Waals surface area (Å²) in [6, 6.07) is 7.80. The Hall–Kier alpha value is -2.89. The number of hydrogen-bond donors (Lipinski definition) is 5. The van der Waals surface area contributed by atoms with E-state index in [1.165, 1.54) is 13.2 Å². The Balaban J connectivity index is 1.90. The topological polar surface area (TPSA) is 159 Å². The molecule has 3 aromatic rings. The third kappa shape index (κ3) is 3.15. The summed E-state index contributed by atoms with van der Waals surface area (Å²) in [6.45, 7) is -0.664. The van der Waals surface area contributed by atoms with Crippen molar-refractivity contribution in [1.29, 1.82) is 0 Å². The van der Waals surface area contributed by atoms with Crippen LogP contribution in [0.25, 0.3) is 21.9 Å². The Kier molecular flexibility index (Phi) is 5.26. The van der Waals surface area contributed by atoms with Gasteiger partial charge in [0.1, 0.15) is 41.0 Å². The maximum atomic E-state index is 13.1. The number of aromatic hydroxyl groups is 1. The lowest BCUT2D eigenvalue weighted by Gasteiger charge is -2.39. The highest BCUT2D eigenvalue weighted by atomic mass is 16.7. The number of benzene rings is 2. The molecular weight excluding hydrogens is 400 g/mol. The van der Waals surface area contributed by atoms with Crippen LogP contribution in [0, 0.1) is 0 Å². The number of rotatable bonds is 4. The van der Waals surface area contributed by atoms with Gasteiger partial charge in [-0.05, 0) is 12.1 Å². The standard InChI is InChI=1S/C20H20O10/c1-27-11-6-10-13(14(22)8-4-2-3-5-9(8)28-10)19(16(11)24)30-20-18(26)17(25)15(23)12(7-21)29-20/h2-6,12,15,17-18,20-21,23-26H,7H2,1H3. The van der Waals surface area contributed by atoms with Gasteiger partial charge in [0.25, 0.3) is 0 Å². The first-order chi connectivity index (χ1) is 14.4. The highest BCUT2D eigenvalue weighted by Gasteiger charge is 2.45. The molecule has 0 saturated carbocycles. The molecule has 4 rings (SSSR count). The fourth-order valence-electron chi connectivity index (χ4n) is 3.44. The summed E-state index contributed by atoms with van der Waals surface area (Å²) in [5, 5.41) is 50.2. The van der Waals surface area contributed by atoms with Gasteiger partial charge in [-0.3, -0.25) is 4.79 Å². The lowest BCUT2D eigenvalue weighted by atomic mass is 9.99. The Morgan fingerprint density at radius 2 is 1.80 bits per heavy atom. The summed E-state index contributed by atoms with van der Waals surface area (Å²) in [5.41, 5.74) is -0.154. The van der Waals surface area contributed by atoms with E-state index in [0.717, 1.165) is 0 Å². The van der Waals surface area contributed by atoms with E-state index in [0.29, 0.717) is 5.58 Å². The largest absolute Gasteiger partial charge is 0.502 e. The van der Waals surface area contributed by atoms with Gasteiger partial charge in [0.2, 0.25) is 17.5 Å². The molecule has 5 unspecified atom stereocenters. The molecule has 0 radical (unpaired) electrons. The lowest BCUT2D eigenvalue weighted by molar-refractivity contribution is -0.277. The number of phenols is 1. The number of hydrogen-bond acceptors (Lipinski definition) is 10. The third-order valence-electron chi connectivity index (χ3n) is 5.07. The van der Waals surface area contributed by atoms with Gasteiger partial charge in [-0.2, -0.15) is 0 Å². The van der Waals surface area contributed by atoms with Crippen molar-refractivity contribution in [2.75, 3.05) is 13.7 Å². The van der Waals surface area contributed by atoms with Crippen molar-refractivity contribution >= 4 is 21.9 Å². The Bertz CT molecular complexity index is 1140. The number of fused-ring (bicyclic) bond motifs is 2. The van der Waals surface area contributed by atoms with E-state index < -0.39 is 54.2 Å². The second-order valence-corrected chi connectivity index (χ2v) is 6.87. The van der Waals surface area contributed by atoms with Crippen molar-refractivity contribution in [1.82, 2.24) is 0 Å². The number of phenolic OH excluding ortho intramolecular Hbond substituents is 1. The molecule has 1 aromatic heterocycles. The van der Waals surface area contributed by atoms with Crippen LogP contribution in [0.3, 0.4) is 0 Å². The summed E-state index contributed by atoms with van der Waals surface area (Å²) in [5.74, 6) is -1.02. The smallest absolute Gasteiger partial charge is 0.229 e. The van der Waals surface area contributed by atoms with Gasteiger partial charge >= 0.3 is 0 Å². The van der Waals surface area contributed by atoms with Crippen molar-refractivity contribution in [3.8, 4) is 17.2 Å². The van der Waals surface area contributed by atoms with Crippen LogP contribution in [0.5, 0.6) is 17.2 Å². The van der Waals surface area contributed by atoms with Crippen LogP contribution in [0.4, 0.5) is 0 Å². The van der Waals surface area contributed by atoms with Crippen LogP contribution in [0.1, 0.15) is 0 Å². The molecule has 0 aliphatic carbocycles. The molecule has 0 amide bonds. The van der Waals surface area contributed by atoms with E-state index in [9.17, 15) is 30.3 Å². The molecule has 1 fully saturated rings. The van der Waals surface area contributed by atoms with Gasteiger partial charge in [0.15, 0.2) is 11.5 Å². The molecule has 2 heterocycles. The van der Waals surface area contributed by atoms with E-state index in [1.54, 1.807) is 24.3 Å². The molecule has 0 bridgehead atoms. The first kappa shape index (κ1) is 20.4. The summed E-state index contributed by atoms with van der Waals surface area (Å²) in [7, 11) is 1.29. The molecule has 160 valence electrons. The van der Waals surface area contributed by atoms with Crippen LogP contribution >= 0.6 is 0 Å². The van der Waals surface area contributed by atoms with Crippen LogP contribution in [-0.4, -0.2) is 70.0 Å². The molecule has 1 saturated heterocycles. The Labute approximate surface area is 169 Å². The molecule has 10 nitrogen and oxygen atoms in total. The molecule has 30 heavy (non-hydrogen) atoms. The summed E-state index contributed by atoms with van der Waals surface area (Å²) in [4.78, 5) is 13.1. The number of para-hydroxylation sites is 1. The van der Waals surface area contributed by atoms with Crippen molar-refractivity contribution in [2.45, 2.75) is 30.7 Å². The Morgan fingerprint density at radius 1 is 1.07 bits per heavy atom. The average molecular weight is 420 g/mol. The number of aliphatic hydroxyl groups excluding tert-OH is 4. The highest BCUT2D eigenvalue weighted by Crippen LogP contribution is 2.43. The quantitative estimate of drug-likeness (QED) is 0.359. The Morgan fingerprint density at radius 3 is 2.50 bits per heavy atom. The van der Waals surface area contributed by atoms with E-state index in [2.05, 4.69) is 0 Å². The summed E-state index contributed by atoms with van der Waals surface area (Å²) in [6.07, 6.45) is -7.88. The van der Waals surface area contributed by atoms with Gasteiger partial charge in [0, 0.05) is 6.07 Å². The van der Waals surface area contributed by atoms with E-state index in [-0.39, 0.29) is 22.1 Å². The molecule has 10 heteroatoms. The second kappa shape index (κ2) is 7.74. The van der Waals surface area contributed by atoms with Gasteiger partial charge in [-0.15, -0.1) is 0 Å². The van der Waals surface area contributed by atoms with Crippen molar-refractivity contribution < 1.29 is 44.2 Å². The SMILES string of the molecule is COc1cc2oc3ccccc3c(=O)c2c(OC2OC(CO)C(O)C(O)C2O)c1O. The van der Waals surface area contributed by atoms with E-state index >= 15 is 0 Å². The van der Waals surface area contributed by atoms with Gasteiger partial charge in [-0.25, -0.2) is 0 Å². The van der Waals surface area contributed by atoms with Crippen molar-refractivity contribution in [3.05, 3.63) is 40.6 Å². The molecule has 0 spiro atoms. The normalized spacial score (nSPS) is 26.8. The molecular formula is C20H20O10. The molecule has 5 atom stereocenters. The minimum atomic E-state index is -1.74. The highest BCUT2D eigenvalue weighted by molar-refractivity contribution is 5.96. The maximum Gasteiger partial charge on any atom is 0.229 e. The monoisotopic (exact) mass is 420 g/mol. The second-order valence-electron chi connectivity index (χ2n) is 6.87. The van der Waals surface area contributed by atoms with E-state index in [1.807, 2.05) is 0 Å². The zero-order valence-electron chi connectivity index (χ0n) is 15.8. The predicted molar refractivity (Wildman–Crippen MR) is 103 cm³/mol. The van der Waals surface area contributed by atoms with Crippen molar-refractivity contribution in [2.24, 2.45) is 0 Å². The minimum Gasteiger partial charge on any atom is -0.502 e. The summed E-state index contributed by atoms with van der Waals surface area (Å²) >= 11 is 0. The third-order valence-corrected chi connectivity index (χ3v) is 5.07. The number of aliphatic hydroxyl groups is 4. The van der Waals surface area contributed by atoms with Crippen LogP contribution in [-0.2, 0) is 4.74 Å². The first-order valence-corrected chi connectivity index (χ1v) is 9.10. The molecule has 1 aliphatic heterocycles. The number of ether oxygens (including phenoxy) is 3. The van der Waals surface area contributed by atoms with Gasteiger partial charge < -0.3 is 44.2 Å². The van der Waals surface area contributed by atoms with Gasteiger partial charge in [-0.1, -0.05) is 12.1 Å². The van der Waals surface area contributed by atoms with Crippen LogP contribution in [0.15, 0.2) is 39.5 Å².